The number of hydrogen-bond acceptors (Lipinski definition) is 3. The van der Waals surface area contributed by atoms with Gasteiger partial charge in [0.05, 0.1) is 24.7 Å². The van der Waals surface area contributed by atoms with Crippen LogP contribution >= 0.6 is 0 Å². The molecule has 1 aliphatic carbocycles. The number of fused-ring (bicyclic) bond motifs is 1. The van der Waals surface area contributed by atoms with Gasteiger partial charge in [0, 0.05) is 19.2 Å². The number of anilines is 1. The van der Waals surface area contributed by atoms with E-state index < -0.39 is 0 Å². The van der Waals surface area contributed by atoms with Gasteiger partial charge >= 0.3 is 0 Å². The SMILES string of the molecule is CCC(C)COc1cncc(N2CC3CC3C2)c1. The van der Waals surface area contributed by atoms with Crippen LogP contribution in [0.3, 0.4) is 0 Å². The number of rotatable bonds is 5. The third-order valence-electron chi connectivity index (χ3n) is 4.27. The molecule has 0 N–H and O–H groups in total. The van der Waals surface area contributed by atoms with Gasteiger partial charge in [0.15, 0.2) is 0 Å². The van der Waals surface area contributed by atoms with Crippen molar-refractivity contribution in [3.8, 4) is 5.75 Å². The first-order valence-corrected chi connectivity index (χ1v) is 7.09. The molecule has 3 atom stereocenters. The molecule has 98 valence electrons. The van der Waals surface area contributed by atoms with Gasteiger partial charge in [-0.25, -0.2) is 0 Å². The lowest BCUT2D eigenvalue weighted by Gasteiger charge is -2.20. The highest BCUT2D eigenvalue weighted by atomic mass is 16.5. The van der Waals surface area contributed by atoms with Gasteiger partial charge in [-0.1, -0.05) is 20.3 Å². The van der Waals surface area contributed by atoms with Crippen LogP contribution in [-0.2, 0) is 0 Å². The Morgan fingerprint density at radius 1 is 1.39 bits per heavy atom. The average Bonchev–Trinajstić information content (AvgIpc) is 3.03. The Morgan fingerprint density at radius 2 is 2.17 bits per heavy atom. The van der Waals surface area contributed by atoms with Crippen LogP contribution in [0.15, 0.2) is 18.5 Å². The fraction of sp³-hybridized carbons (Fsp3) is 0.667. The van der Waals surface area contributed by atoms with Gasteiger partial charge in [-0.2, -0.15) is 0 Å². The summed E-state index contributed by atoms with van der Waals surface area (Å²) in [6.45, 7) is 7.61. The van der Waals surface area contributed by atoms with Crippen molar-refractivity contribution in [2.75, 3.05) is 24.6 Å². The molecule has 2 aliphatic rings. The molecule has 0 aromatic carbocycles. The summed E-state index contributed by atoms with van der Waals surface area (Å²) in [5.74, 6) is 3.42. The first kappa shape index (κ1) is 11.8. The van der Waals surface area contributed by atoms with E-state index in [1.807, 2.05) is 12.4 Å². The number of nitrogens with zero attached hydrogens (tertiary/aromatic N) is 2. The van der Waals surface area contributed by atoms with E-state index in [0.717, 1.165) is 30.6 Å². The lowest BCUT2D eigenvalue weighted by molar-refractivity contribution is 0.256. The molecule has 2 fully saturated rings. The molecule has 18 heavy (non-hydrogen) atoms. The fourth-order valence-electron chi connectivity index (χ4n) is 2.62. The second-order valence-electron chi connectivity index (χ2n) is 5.86. The average molecular weight is 246 g/mol. The normalized spacial score (nSPS) is 26.9. The van der Waals surface area contributed by atoms with Crippen LogP contribution in [0.25, 0.3) is 0 Å². The summed E-state index contributed by atoms with van der Waals surface area (Å²) in [7, 11) is 0. The Hall–Kier alpha value is -1.25. The molecular formula is C15H22N2O. The van der Waals surface area contributed by atoms with Crippen LogP contribution in [0.1, 0.15) is 26.7 Å². The predicted octanol–water partition coefficient (Wildman–Crippen LogP) is 2.96. The summed E-state index contributed by atoms with van der Waals surface area (Å²) in [5, 5.41) is 0. The molecule has 3 nitrogen and oxygen atoms in total. The summed E-state index contributed by atoms with van der Waals surface area (Å²) in [6, 6.07) is 2.14. The molecule has 1 saturated carbocycles. The summed E-state index contributed by atoms with van der Waals surface area (Å²) in [5.41, 5.74) is 1.23. The van der Waals surface area contributed by atoms with E-state index in [2.05, 4.69) is 29.8 Å². The van der Waals surface area contributed by atoms with Gasteiger partial charge in [-0.15, -0.1) is 0 Å². The molecule has 0 amide bonds. The molecule has 2 heterocycles. The second-order valence-corrected chi connectivity index (χ2v) is 5.86. The molecule has 0 bridgehead atoms. The van der Waals surface area contributed by atoms with Crippen molar-refractivity contribution in [1.29, 1.82) is 0 Å². The van der Waals surface area contributed by atoms with Crippen molar-refractivity contribution >= 4 is 5.69 Å². The highest BCUT2D eigenvalue weighted by Gasteiger charge is 2.45. The van der Waals surface area contributed by atoms with Crippen molar-refractivity contribution in [3.63, 3.8) is 0 Å². The summed E-state index contributed by atoms with van der Waals surface area (Å²) in [4.78, 5) is 6.75. The van der Waals surface area contributed by atoms with Crippen LogP contribution in [-0.4, -0.2) is 24.7 Å². The zero-order chi connectivity index (χ0) is 12.5. The quantitative estimate of drug-likeness (QED) is 0.798. The summed E-state index contributed by atoms with van der Waals surface area (Å²) in [6.07, 6.45) is 6.38. The van der Waals surface area contributed by atoms with Gasteiger partial charge in [-0.3, -0.25) is 4.98 Å². The largest absolute Gasteiger partial charge is 0.492 e. The van der Waals surface area contributed by atoms with Gasteiger partial charge < -0.3 is 9.64 Å². The number of hydrogen-bond donors (Lipinski definition) is 0. The molecule has 0 radical (unpaired) electrons. The van der Waals surface area contributed by atoms with Crippen molar-refractivity contribution in [1.82, 2.24) is 4.98 Å². The Bertz CT molecular complexity index is 411. The van der Waals surface area contributed by atoms with E-state index in [1.54, 1.807) is 0 Å². The molecule has 1 saturated heterocycles. The maximum Gasteiger partial charge on any atom is 0.139 e. The molecule has 1 aromatic heterocycles. The van der Waals surface area contributed by atoms with Crippen molar-refractivity contribution < 1.29 is 4.74 Å². The number of piperidine rings is 1. The number of aromatic nitrogens is 1. The van der Waals surface area contributed by atoms with Crippen LogP contribution in [0, 0.1) is 17.8 Å². The minimum atomic E-state index is 0.605. The topological polar surface area (TPSA) is 25.4 Å². The Morgan fingerprint density at radius 3 is 2.89 bits per heavy atom. The highest BCUT2D eigenvalue weighted by Crippen LogP contribution is 2.46. The lowest BCUT2D eigenvalue weighted by Crippen LogP contribution is -2.21. The minimum Gasteiger partial charge on any atom is -0.492 e. The molecule has 0 spiro atoms. The van der Waals surface area contributed by atoms with E-state index in [9.17, 15) is 0 Å². The number of ether oxygens (including phenoxy) is 1. The van der Waals surface area contributed by atoms with Gasteiger partial charge in [0.25, 0.3) is 0 Å². The maximum atomic E-state index is 5.81. The molecule has 3 rings (SSSR count). The molecule has 3 heteroatoms. The third-order valence-corrected chi connectivity index (χ3v) is 4.27. The standard InChI is InChI=1S/C15H22N2O/c1-3-11(2)10-18-15-5-14(6-16-7-15)17-8-12-4-13(12)9-17/h5-7,11-13H,3-4,8-10H2,1-2H3. The van der Waals surface area contributed by atoms with Crippen LogP contribution in [0.5, 0.6) is 5.75 Å². The first-order valence-electron chi connectivity index (χ1n) is 7.09. The fourth-order valence-corrected chi connectivity index (χ4v) is 2.62. The van der Waals surface area contributed by atoms with Crippen molar-refractivity contribution in [2.24, 2.45) is 17.8 Å². The second kappa shape index (κ2) is 4.79. The Kier molecular flexibility index (Phi) is 3.14. The van der Waals surface area contributed by atoms with Gasteiger partial charge in [0.2, 0.25) is 0 Å². The van der Waals surface area contributed by atoms with E-state index in [1.165, 1.54) is 25.2 Å². The van der Waals surface area contributed by atoms with E-state index >= 15 is 0 Å². The third kappa shape index (κ3) is 2.45. The Labute approximate surface area is 109 Å². The zero-order valence-electron chi connectivity index (χ0n) is 11.3. The maximum absolute atomic E-state index is 5.81. The monoisotopic (exact) mass is 246 g/mol. The van der Waals surface area contributed by atoms with Gasteiger partial charge in [-0.05, 0) is 24.2 Å². The summed E-state index contributed by atoms with van der Waals surface area (Å²) < 4.78 is 5.81. The van der Waals surface area contributed by atoms with Crippen LogP contribution in [0.4, 0.5) is 5.69 Å². The smallest absolute Gasteiger partial charge is 0.139 e. The van der Waals surface area contributed by atoms with Crippen LogP contribution in [0.2, 0.25) is 0 Å². The Balaban J connectivity index is 1.61. The van der Waals surface area contributed by atoms with Crippen molar-refractivity contribution in [3.05, 3.63) is 18.5 Å². The van der Waals surface area contributed by atoms with Gasteiger partial charge in [0.1, 0.15) is 5.75 Å². The first-order chi connectivity index (χ1) is 8.76. The van der Waals surface area contributed by atoms with E-state index in [0.29, 0.717) is 5.92 Å². The predicted molar refractivity (Wildman–Crippen MR) is 73.0 cm³/mol. The van der Waals surface area contributed by atoms with E-state index in [-0.39, 0.29) is 0 Å². The van der Waals surface area contributed by atoms with Crippen LogP contribution < -0.4 is 9.64 Å². The molecule has 3 unspecified atom stereocenters. The number of pyridine rings is 1. The molecule has 1 aromatic rings. The summed E-state index contributed by atoms with van der Waals surface area (Å²) >= 11 is 0. The lowest BCUT2D eigenvalue weighted by atomic mass is 10.1. The molecule has 1 aliphatic heterocycles. The minimum absolute atomic E-state index is 0.605. The van der Waals surface area contributed by atoms with Crippen molar-refractivity contribution in [2.45, 2.75) is 26.7 Å². The molecular weight excluding hydrogens is 224 g/mol. The zero-order valence-corrected chi connectivity index (χ0v) is 11.3. The van der Waals surface area contributed by atoms with E-state index in [4.69, 9.17) is 4.74 Å². The highest BCUT2D eigenvalue weighted by molar-refractivity contribution is 5.50.